The normalized spacial score (nSPS) is 20.5. The van der Waals surface area contributed by atoms with Crippen molar-refractivity contribution in [1.82, 2.24) is 4.90 Å². The number of Topliss-reactive ketones (excluding diaryl/α,β-unsaturated/α-hetero) is 1. The molecule has 1 fully saturated rings. The molecule has 1 aromatic carbocycles. The number of hydrogen-bond donors (Lipinski definition) is 0. The molecule has 1 unspecified atom stereocenters. The Morgan fingerprint density at radius 1 is 1.37 bits per heavy atom. The molecule has 1 aliphatic heterocycles. The van der Waals surface area contributed by atoms with Crippen molar-refractivity contribution in [3.05, 3.63) is 28.7 Å². The van der Waals surface area contributed by atoms with Gasteiger partial charge in [0.15, 0.2) is 0 Å². The molecule has 0 bridgehead atoms. The lowest BCUT2D eigenvalue weighted by Gasteiger charge is -2.31. The summed E-state index contributed by atoms with van der Waals surface area (Å²) in [5.74, 6) is 1.54. The van der Waals surface area contributed by atoms with E-state index in [-0.39, 0.29) is 5.92 Å². The molecule has 0 aliphatic carbocycles. The number of piperidine rings is 1. The van der Waals surface area contributed by atoms with E-state index in [1.165, 1.54) is 0 Å². The standard InChI is InChI=1S/C15H20BrNO2/c1-2-12-11-17(8-7-15(12)18)9-10-19-14-5-3-13(16)4-6-14/h3-6,12H,2,7-11H2,1H3. The van der Waals surface area contributed by atoms with Crippen LogP contribution in [0.25, 0.3) is 0 Å². The largest absolute Gasteiger partial charge is 0.492 e. The predicted octanol–water partition coefficient (Wildman–Crippen LogP) is 3.13. The first-order valence-electron chi connectivity index (χ1n) is 6.82. The molecule has 1 saturated heterocycles. The third kappa shape index (κ3) is 4.32. The van der Waals surface area contributed by atoms with Crippen LogP contribution in [0.2, 0.25) is 0 Å². The molecule has 104 valence electrons. The van der Waals surface area contributed by atoms with Gasteiger partial charge >= 0.3 is 0 Å². The molecule has 0 aromatic heterocycles. The number of carbonyl (C=O) groups excluding carboxylic acids is 1. The summed E-state index contributed by atoms with van der Waals surface area (Å²) in [6, 6.07) is 7.86. The first-order valence-corrected chi connectivity index (χ1v) is 7.61. The molecule has 1 aliphatic rings. The Hall–Kier alpha value is -0.870. The highest BCUT2D eigenvalue weighted by Crippen LogP contribution is 2.17. The lowest BCUT2D eigenvalue weighted by molar-refractivity contribution is -0.126. The summed E-state index contributed by atoms with van der Waals surface area (Å²) in [6.45, 7) is 5.41. The van der Waals surface area contributed by atoms with Gasteiger partial charge in [0.25, 0.3) is 0 Å². The van der Waals surface area contributed by atoms with Gasteiger partial charge in [-0.2, -0.15) is 0 Å². The predicted molar refractivity (Wildman–Crippen MR) is 79.5 cm³/mol. The Labute approximate surface area is 123 Å². The summed E-state index contributed by atoms with van der Waals surface area (Å²) in [7, 11) is 0. The van der Waals surface area contributed by atoms with E-state index in [0.717, 1.165) is 36.3 Å². The van der Waals surface area contributed by atoms with E-state index in [1.807, 2.05) is 24.3 Å². The SMILES string of the molecule is CCC1CN(CCOc2ccc(Br)cc2)CCC1=O. The van der Waals surface area contributed by atoms with E-state index >= 15 is 0 Å². The maximum atomic E-state index is 11.6. The quantitative estimate of drug-likeness (QED) is 0.833. The minimum Gasteiger partial charge on any atom is -0.492 e. The van der Waals surface area contributed by atoms with E-state index in [0.29, 0.717) is 18.8 Å². The molecule has 19 heavy (non-hydrogen) atoms. The van der Waals surface area contributed by atoms with Crippen LogP contribution in [0, 0.1) is 5.92 Å². The van der Waals surface area contributed by atoms with Crippen LogP contribution >= 0.6 is 15.9 Å². The number of nitrogens with zero attached hydrogens (tertiary/aromatic N) is 1. The second kappa shape index (κ2) is 7.06. The van der Waals surface area contributed by atoms with Crippen LogP contribution in [0.4, 0.5) is 0 Å². The number of ketones is 1. The minimum atomic E-state index is 0.224. The summed E-state index contributed by atoms with van der Waals surface area (Å²) in [5.41, 5.74) is 0. The van der Waals surface area contributed by atoms with Gasteiger partial charge in [-0.05, 0) is 30.7 Å². The molecule has 1 aromatic rings. The third-order valence-electron chi connectivity index (χ3n) is 3.59. The van der Waals surface area contributed by atoms with E-state index in [1.54, 1.807) is 0 Å². The Bertz CT molecular complexity index is 419. The molecule has 4 heteroatoms. The number of likely N-dealkylation sites (tertiary alicyclic amines) is 1. The van der Waals surface area contributed by atoms with Crippen molar-refractivity contribution in [2.75, 3.05) is 26.2 Å². The Morgan fingerprint density at radius 3 is 2.79 bits per heavy atom. The fraction of sp³-hybridized carbons (Fsp3) is 0.533. The lowest BCUT2D eigenvalue weighted by atomic mass is 9.94. The number of carbonyl (C=O) groups is 1. The highest BCUT2D eigenvalue weighted by molar-refractivity contribution is 9.10. The maximum Gasteiger partial charge on any atom is 0.138 e. The van der Waals surface area contributed by atoms with Gasteiger partial charge in [-0.1, -0.05) is 22.9 Å². The third-order valence-corrected chi connectivity index (χ3v) is 4.12. The average Bonchev–Trinajstić information content (AvgIpc) is 2.43. The molecule has 0 amide bonds. The van der Waals surface area contributed by atoms with Crippen molar-refractivity contribution in [2.24, 2.45) is 5.92 Å². The first kappa shape index (κ1) is 14.5. The van der Waals surface area contributed by atoms with Gasteiger partial charge in [-0.15, -0.1) is 0 Å². The van der Waals surface area contributed by atoms with Crippen molar-refractivity contribution >= 4 is 21.7 Å². The topological polar surface area (TPSA) is 29.5 Å². The molecule has 0 saturated carbocycles. The Morgan fingerprint density at radius 2 is 2.11 bits per heavy atom. The number of hydrogen-bond acceptors (Lipinski definition) is 3. The summed E-state index contributed by atoms with van der Waals surface area (Å²) >= 11 is 3.40. The van der Waals surface area contributed by atoms with Crippen molar-refractivity contribution in [3.63, 3.8) is 0 Å². The minimum absolute atomic E-state index is 0.224. The van der Waals surface area contributed by atoms with Crippen LogP contribution in [-0.4, -0.2) is 36.9 Å². The molecule has 0 N–H and O–H groups in total. The van der Waals surface area contributed by atoms with Gasteiger partial charge in [0.05, 0.1) is 0 Å². The van der Waals surface area contributed by atoms with E-state index in [2.05, 4.69) is 27.8 Å². The Kier molecular flexibility index (Phi) is 5.40. The maximum absolute atomic E-state index is 11.6. The number of halogens is 1. The number of ether oxygens (including phenoxy) is 1. The fourth-order valence-electron chi connectivity index (χ4n) is 2.36. The monoisotopic (exact) mass is 325 g/mol. The lowest BCUT2D eigenvalue weighted by Crippen LogP contribution is -2.42. The van der Waals surface area contributed by atoms with Crippen LogP contribution in [0.5, 0.6) is 5.75 Å². The highest BCUT2D eigenvalue weighted by atomic mass is 79.9. The van der Waals surface area contributed by atoms with Crippen LogP contribution in [0.1, 0.15) is 19.8 Å². The van der Waals surface area contributed by atoms with Gasteiger partial charge in [-0.3, -0.25) is 9.69 Å². The van der Waals surface area contributed by atoms with Crippen molar-refractivity contribution in [2.45, 2.75) is 19.8 Å². The molecule has 1 heterocycles. The zero-order chi connectivity index (χ0) is 13.7. The van der Waals surface area contributed by atoms with Crippen LogP contribution in [0.3, 0.4) is 0 Å². The van der Waals surface area contributed by atoms with Crippen molar-refractivity contribution < 1.29 is 9.53 Å². The van der Waals surface area contributed by atoms with E-state index < -0.39 is 0 Å². The smallest absolute Gasteiger partial charge is 0.138 e. The van der Waals surface area contributed by atoms with Gasteiger partial charge in [0.1, 0.15) is 18.1 Å². The van der Waals surface area contributed by atoms with Crippen LogP contribution < -0.4 is 4.74 Å². The summed E-state index contributed by atoms with van der Waals surface area (Å²) in [6.07, 6.45) is 1.64. The van der Waals surface area contributed by atoms with Crippen LogP contribution in [0.15, 0.2) is 28.7 Å². The van der Waals surface area contributed by atoms with Gasteiger partial charge in [-0.25, -0.2) is 0 Å². The number of rotatable bonds is 5. The Balaban J connectivity index is 1.74. The van der Waals surface area contributed by atoms with Gasteiger partial charge in [0.2, 0.25) is 0 Å². The molecule has 0 radical (unpaired) electrons. The zero-order valence-corrected chi connectivity index (χ0v) is 12.9. The molecule has 1 atom stereocenters. The van der Waals surface area contributed by atoms with Gasteiger partial charge in [0, 0.05) is 36.4 Å². The number of benzene rings is 1. The van der Waals surface area contributed by atoms with E-state index in [4.69, 9.17) is 4.74 Å². The van der Waals surface area contributed by atoms with Gasteiger partial charge < -0.3 is 4.74 Å². The summed E-state index contributed by atoms with van der Waals surface area (Å²) in [5, 5.41) is 0. The second-order valence-corrected chi connectivity index (χ2v) is 5.84. The average molecular weight is 326 g/mol. The molecule has 3 nitrogen and oxygen atoms in total. The van der Waals surface area contributed by atoms with Crippen molar-refractivity contribution in [1.29, 1.82) is 0 Å². The summed E-state index contributed by atoms with van der Waals surface area (Å²) in [4.78, 5) is 14.0. The summed E-state index contributed by atoms with van der Waals surface area (Å²) < 4.78 is 6.77. The highest BCUT2D eigenvalue weighted by Gasteiger charge is 2.25. The molecular formula is C15H20BrNO2. The second-order valence-electron chi connectivity index (χ2n) is 4.92. The molecule has 2 rings (SSSR count). The zero-order valence-electron chi connectivity index (χ0n) is 11.3. The van der Waals surface area contributed by atoms with Crippen molar-refractivity contribution in [3.8, 4) is 5.75 Å². The molecule has 0 spiro atoms. The molecular weight excluding hydrogens is 306 g/mol. The first-order chi connectivity index (χ1) is 9.19. The fourth-order valence-corrected chi connectivity index (χ4v) is 2.62. The van der Waals surface area contributed by atoms with E-state index in [9.17, 15) is 4.79 Å². The van der Waals surface area contributed by atoms with Crippen LogP contribution in [-0.2, 0) is 4.79 Å².